The molecule has 3 rings (SSSR count). The minimum absolute atomic E-state index is 0.129. The fraction of sp³-hybridized carbons (Fsp3) is 0.500. The summed E-state index contributed by atoms with van der Waals surface area (Å²) in [5, 5.41) is 18.7. The lowest BCUT2D eigenvalue weighted by molar-refractivity contribution is -0.210. The van der Waals surface area contributed by atoms with Crippen LogP contribution in [0.1, 0.15) is 12.0 Å². The van der Waals surface area contributed by atoms with E-state index < -0.39 is 18.3 Å². The number of fused-ring (bicyclic) bond motifs is 1. The zero-order valence-electron chi connectivity index (χ0n) is 10.8. The van der Waals surface area contributed by atoms with Crippen molar-refractivity contribution in [2.24, 2.45) is 11.8 Å². The summed E-state index contributed by atoms with van der Waals surface area (Å²) in [5.41, 5.74) is 0.789. The van der Waals surface area contributed by atoms with Crippen LogP contribution in [-0.2, 0) is 0 Å². The van der Waals surface area contributed by atoms with Crippen molar-refractivity contribution in [3.63, 3.8) is 0 Å². The van der Waals surface area contributed by atoms with Gasteiger partial charge in [-0.3, -0.25) is 0 Å². The van der Waals surface area contributed by atoms with Gasteiger partial charge in [-0.25, -0.2) is 0 Å². The number of hydrogen-bond donors (Lipinski definition) is 1. The summed E-state index contributed by atoms with van der Waals surface area (Å²) in [4.78, 5) is 1.56. The van der Waals surface area contributed by atoms with Crippen LogP contribution in [0.25, 0.3) is 0 Å². The molecule has 21 heavy (non-hydrogen) atoms. The van der Waals surface area contributed by atoms with Crippen molar-refractivity contribution in [1.82, 2.24) is 0 Å². The van der Waals surface area contributed by atoms with Crippen molar-refractivity contribution < 1.29 is 18.3 Å². The first kappa shape index (κ1) is 14.5. The Hall–Kier alpha value is -1.45. The summed E-state index contributed by atoms with van der Waals surface area (Å²) in [7, 11) is 0. The molecule has 1 heterocycles. The maximum absolute atomic E-state index is 12.8. The summed E-state index contributed by atoms with van der Waals surface area (Å²) in [5.74, 6) is 0.0671. The van der Waals surface area contributed by atoms with E-state index in [1.807, 2.05) is 6.07 Å². The molecule has 0 amide bonds. The van der Waals surface area contributed by atoms with Crippen molar-refractivity contribution in [3.05, 3.63) is 28.8 Å². The Bertz CT molecular complexity index is 613. The Morgan fingerprint density at radius 2 is 2.14 bits per heavy atom. The number of alkyl halides is 3. The van der Waals surface area contributed by atoms with Crippen LogP contribution < -0.4 is 4.90 Å². The second-order valence-electron chi connectivity index (χ2n) is 5.56. The molecule has 112 valence electrons. The van der Waals surface area contributed by atoms with Crippen LogP contribution in [0.4, 0.5) is 18.9 Å². The van der Waals surface area contributed by atoms with Gasteiger partial charge in [-0.1, -0.05) is 11.6 Å². The molecule has 0 aromatic heterocycles. The number of benzene rings is 1. The molecular formula is C14H12ClF3N2O. The highest BCUT2D eigenvalue weighted by Crippen LogP contribution is 2.53. The predicted octanol–water partition coefficient (Wildman–Crippen LogP) is 2.96. The monoisotopic (exact) mass is 316 g/mol. The lowest BCUT2D eigenvalue weighted by Gasteiger charge is -2.34. The highest BCUT2D eigenvalue weighted by molar-refractivity contribution is 6.32. The van der Waals surface area contributed by atoms with Crippen molar-refractivity contribution in [3.8, 4) is 6.07 Å². The van der Waals surface area contributed by atoms with Gasteiger partial charge in [0.15, 0.2) is 6.10 Å². The Morgan fingerprint density at radius 3 is 2.71 bits per heavy atom. The topological polar surface area (TPSA) is 47.3 Å². The van der Waals surface area contributed by atoms with Crippen LogP contribution in [-0.4, -0.2) is 30.0 Å². The van der Waals surface area contributed by atoms with Gasteiger partial charge in [0.05, 0.1) is 16.6 Å². The molecule has 1 saturated heterocycles. The highest BCUT2D eigenvalue weighted by atomic mass is 35.5. The summed E-state index contributed by atoms with van der Waals surface area (Å²) in [6.07, 6.45) is -6.29. The smallest absolute Gasteiger partial charge is 0.382 e. The number of halogens is 4. The van der Waals surface area contributed by atoms with Gasteiger partial charge in [0.2, 0.25) is 0 Å². The van der Waals surface area contributed by atoms with E-state index >= 15 is 0 Å². The van der Waals surface area contributed by atoms with Crippen LogP contribution in [0.5, 0.6) is 0 Å². The number of hydrogen-bond acceptors (Lipinski definition) is 3. The summed E-state index contributed by atoms with van der Waals surface area (Å²) < 4.78 is 38.5. The summed E-state index contributed by atoms with van der Waals surface area (Å²) in [6.45, 7) is 0.477. The molecule has 0 radical (unpaired) electrons. The molecule has 1 unspecified atom stereocenters. The minimum atomic E-state index is -4.64. The minimum Gasteiger partial charge on any atom is -0.382 e. The first-order valence-electron chi connectivity index (χ1n) is 6.54. The molecule has 2 aliphatic rings. The van der Waals surface area contributed by atoms with Gasteiger partial charge in [0.25, 0.3) is 0 Å². The number of piperidine rings is 1. The zero-order valence-corrected chi connectivity index (χ0v) is 11.6. The average Bonchev–Trinajstić information content (AvgIpc) is 3.08. The maximum Gasteiger partial charge on any atom is 0.416 e. The fourth-order valence-corrected chi connectivity index (χ4v) is 3.37. The van der Waals surface area contributed by atoms with Crippen LogP contribution in [0.3, 0.4) is 0 Å². The molecule has 4 atom stereocenters. The van der Waals surface area contributed by atoms with E-state index in [2.05, 4.69) is 0 Å². The Kier molecular flexibility index (Phi) is 3.30. The molecule has 1 aromatic carbocycles. The fourth-order valence-electron chi connectivity index (χ4n) is 3.15. The van der Waals surface area contributed by atoms with E-state index in [9.17, 15) is 18.3 Å². The molecule has 1 N–H and O–H groups in total. The maximum atomic E-state index is 12.8. The molecule has 1 aliphatic carbocycles. The van der Waals surface area contributed by atoms with Crippen molar-refractivity contribution in [1.29, 1.82) is 5.26 Å². The Labute approximate surface area is 124 Å². The van der Waals surface area contributed by atoms with E-state index in [-0.39, 0.29) is 22.4 Å². The quantitative estimate of drug-likeness (QED) is 0.912. The van der Waals surface area contributed by atoms with Gasteiger partial charge in [-0.05, 0) is 36.5 Å². The lowest BCUT2D eigenvalue weighted by Crippen LogP contribution is -2.49. The van der Waals surface area contributed by atoms with Gasteiger partial charge in [-0.15, -0.1) is 0 Å². The molecule has 1 saturated carbocycles. The average molecular weight is 317 g/mol. The van der Waals surface area contributed by atoms with E-state index in [1.54, 1.807) is 11.0 Å². The Morgan fingerprint density at radius 1 is 1.43 bits per heavy atom. The van der Waals surface area contributed by atoms with Gasteiger partial charge < -0.3 is 10.0 Å². The highest BCUT2D eigenvalue weighted by Gasteiger charge is 2.60. The standard InChI is InChI=1S/C14H12ClF3N2O/c15-11-4-9(2-1-7(11)5-19)20-6-8-3-10(8)12(20)13(21)14(16,17)18/h1-2,4,8,10,12-13,21H,3,6H2/t8-,10?,12+,13+/m0/s1. The number of nitrogens with zero attached hydrogens (tertiary/aromatic N) is 2. The van der Waals surface area contributed by atoms with Crippen molar-refractivity contribution in [2.45, 2.75) is 24.7 Å². The van der Waals surface area contributed by atoms with Crippen LogP contribution in [0.2, 0.25) is 5.02 Å². The van der Waals surface area contributed by atoms with E-state index in [0.29, 0.717) is 12.2 Å². The third kappa shape index (κ3) is 2.45. The molecule has 0 bridgehead atoms. The van der Waals surface area contributed by atoms with E-state index in [1.165, 1.54) is 12.1 Å². The van der Waals surface area contributed by atoms with Gasteiger partial charge in [0.1, 0.15) is 6.07 Å². The lowest BCUT2D eigenvalue weighted by atomic mass is 10.0. The Balaban J connectivity index is 1.91. The van der Waals surface area contributed by atoms with Crippen LogP contribution >= 0.6 is 11.6 Å². The van der Waals surface area contributed by atoms with Crippen LogP contribution in [0, 0.1) is 23.2 Å². The van der Waals surface area contributed by atoms with Crippen LogP contribution in [0.15, 0.2) is 18.2 Å². The first-order chi connectivity index (χ1) is 9.82. The number of aliphatic hydroxyl groups is 1. The molecule has 2 fully saturated rings. The second-order valence-corrected chi connectivity index (χ2v) is 5.97. The third-order valence-electron chi connectivity index (χ3n) is 4.27. The molecule has 0 spiro atoms. The summed E-state index contributed by atoms with van der Waals surface area (Å²) in [6, 6.07) is 5.48. The number of aliphatic hydroxyl groups excluding tert-OH is 1. The second kappa shape index (κ2) is 4.79. The molecule has 3 nitrogen and oxygen atoms in total. The largest absolute Gasteiger partial charge is 0.416 e. The zero-order chi connectivity index (χ0) is 15.4. The van der Waals surface area contributed by atoms with Gasteiger partial charge >= 0.3 is 6.18 Å². The first-order valence-corrected chi connectivity index (χ1v) is 6.92. The van der Waals surface area contributed by atoms with E-state index in [4.69, 9.17) is 16.9 Å². The number of nitriles is 1. The number of anilines is 1. The molecular weight excluding hydrogens is 305 g/mol. The van der Waals surface area contributed by atoms with Gasteiger partial charge in [-0.2, -0.15) is 18.4 Å². The predicted molar refractivity (Wildman–Crippen MR) is 71.0 cm³/mol. The van der Waals surface area contributed by atoms with E-state index in [0.717, 1.165) is 6.42 Å². The van der Waals surface area contributed by atoms with Crippen molar-refractivity contribution in [2.75, 3.05) is 11.4 Å². The van der Waals surface area contributed by atoms with Gasteiger partial charge in [0, 0.05) is 12.2 Å². The molecule has 1 aliphatic heterocycles. The number of rotatable bonds is 2. The SMILES string of the molecule is N#Cc1ccc(N2C[C@@H]3CC3[C@@H]2[C@@H](O)C(F)(F)F)cc1Cl. The summed E-state index contributed by atoms with van der Waals surface area (Å²) >= 11 is 5.94. The third-order valence-corrected chi connectivity index (χ3v) is 4.58. The normalized spacial score (nSPS) is 29.0. The molecule has 1 aromatic rings. The van der Waals surface area contributed by atoms with Crippen molar-refractivity contribution >= 4 is 17.3 Å². The molecule has 7 heteroatoms.